The summed E-state index contributed by atoms with van der Waals surface area (Å²) < 4.78 is 0.724. The second-order valence-electron chi connectivity index (χ2n) is 4.58. The number of fused-ring (bicyclic) bond motifs is 1. The largest absolute Gasteiger partial charge is 0.251 e. The molecule has 0 atom stereocenters. The van der Waals surface area contributed by atoms with Crippen molar-refractivity contribution in [3.05, 3.63) is 37.4 Å². The van der Waals surface area contributed by atoms with E-state index in [0.29, 0.717) is 26.5 Å². The van der Waals surface area contributed by atoms with E-state index in [1.165, 1.54) is 0 Å². The molecule has 0 bridgehead atoms. The lowest BCUT2D eigenvalue weighted by Gasteiger charge is -2.10. The normalized spacial score (nSPS) is 11.5. The first-order valence-corrected chi connectivity index (χ1v) is 7.45. The summed E-state index contributed by atoms with van der Waals surface area (Å²) in [5.74, 6) is 0.510. The number of halogens is 4. The molecular formula is C13H11BrCl3N. The second kappa shape index (κ2) is 5.54. The number of hydrogen-bond acceptors (Lipinski definition) is 1. The molecule has 0 unspecified atom stereocenters. The van der Waals surface area contributed by atoms with Gasteiger partial charge in [0.05, 0.1) is 20.6 Å². The van der Waals surface area contributed by atoms with E-state index in [1.54, 1.807) is 0 Å². The van der Waals surface area contributed by atoms with Crippen molar-refractivity contribution in [1.82, 2.24) is 4.98 Å². The predicted molar refractivity (Wildman–Crippen MR) is 83.0 cm³/mol. The van der Waals surface area contributed by atoms with Gasteiger partial charge in [-0.3, -0.25) is 4.98 Å². The number of rotatable bonds is 2. The van der Waals surface area contributed by atoms with Crippen LogP contribution in [0.3, 0.4) is 0 Å². The molecule has 0 spiro atoms. The lowest BCUT2D eigenvalue weighted by Crippen LogP contribution is -1.98. The van der Waals surface area contributed by atoms with Crippen LogP contribution in [0.4, 0.5) is 0 Å². The van der Waals surface area contributed by atoms with Gasteiger partial charge in [-0.05, 0) is 40.4 Å². The van der Waals surface area contributed by atoms with Crippen LogP contribution in [0, 0.1) is 5.92 Å². The number of nitrogens with zero attached hydrogens (tertiary/aromatic N) is 1. The molecule has 0 N–H and O–H groups in total. The number of pyridine rings is 1. The molecule has 0 saturated carbocycles. The predicted octanol–water partition coefficient (Wildman–Crippen LogP) is 6.16. The molecule has 1 heterocycles. The van der Waals surface area contributed by atoms with Gasteiger partial charge in [-0.1, -0.05) is 48.7 Å². The van der Waals surface area contributed by atoms with E-state index < -0.39 is 0 Å². The van der Waals surface area contributed by atoms with Gasteiger partial charge < -0.3 is 0 Å². The van der Waals surface area contributed by atoms with E-state index in [-0.39, 0.29) is 0 Å². The monoisotopic (exact) mass is 365 g/mol. The summed E-state index contributed by atoms with van der Waals surface area (Å²) in [6.45, 7) is 4.27. The quantitative estimate of drug-likeness (QED) is 0.580. The van der Waals surface area contributed by atoms with E-state index >= 15 is 0 Å². The first-order chi connectivity index (χ1) is 8.40. The SMILES string of the molecule is CC(C)Cc1cc(Cl)c2cc(Br)c(Cl)c(Cl)c2n1. The van der Waals surface area contributed by atoms with Crippen molar-refractivity contribution < 1.29 is 0 Å². The van der Waals surface area contributed by atoms with Crippen LogP contribution in [0.1, 0.15) is 19.5 Å². The molecule has 0 aliphatic rings. The maximum Gasteiger partial charge on any atom is 0.0922 e. The van der Waals surface area contributed by atoms with E-state index in [1.807, 2.05) is 12.1 Å². The first kappa shape index (κ1) is 14.4. The number of benzene rings is 1. The highest BCUT2D eigenvalue weighted by molar-refractivity contribution is 9.10. The molecule has 2 rings (SSSR count). The molecule has 5 heteroatoms. The Labute approximate surface area is 130 Å². The Morgan fingerprint density at radius 3 is 2.44 bits per heavy atom. The molecule has 0 radical (unpaired) electrons. The molecular weight excluding hydrogens is 356 g/mol. The van der Waals surface area contributed by atoms with Gasteiger partial charge in [-0.15, -0.1) is 0 Å². The van der Waals surface area contributed by atoms with Gasteiger partial charge in [-0.2, -0.15) is 0 Å². The minimum atomic E-state index is 0.438. The van der Waals surface area contributed by atoms with Crippen molar-refractivity contribution in [2.75, 3.05) is 0 Å². The Kier molecular flexibility index (Phi) is 4.43. The van der Waals surface area contributed by atoms with Crippen molar-refractivity contribution in [1.29, 1.82) is 0 Å². The van der Waals surface area contributed by atoms with Crippen LogP contribution in [0.5, 0.6) is 0 Å². The fraction of sp³-hybridized carbons (Fsp3) is 0.308. The van der Waals surface area contributed by atoms with E-state index in [0.717, 1.165) is 22.0 Å². The van der Waals surface area contributed by atoms with Gasteiger partial charge >= 0.3 is 0 Å². The summed E-state index contributed by atoms with van der Waals surface area (Å²) in [7, 11) is 0. The van der Waals surface area contributed by atoms with Crippen LogP contribution in [-0.2, 0) is 6.42 Å². The lowest BCUT2D eigenvalue weighted by atomic mass is 10.1. The van der Waals surface area contributed by atoms with Crippen molar-refractivity contribution in [2.24, 2.45) is 5.92 Å². The second-order valence-corrected chi connectivity index (χ2v) is 6.59. The van der Waals surface area contributed by atoms with Crippen LogP contribution in [0.2, 0.25) is 15.1 Å². The fourth-order valence-corrected chi connectivity index (χ4v) is 3.00. The maximum absolute atomic E-state index is 6.28. The van der Waals surface area contributed by atoms with Gasteiger partial charge in [-0.25, -0.2) is 0 Å². The molecule has 0 saturated heterocycles. The van der Waals surface area contributed by atoms with Crippen molar-refractivity contribution in [3.8, 4) is 0 Å². The molecule has 1 nitrogen and oxygen atoms in total. The number of aromatic nitrogens is 1. The smallest absolute Gasteiger partial charge is 0.0922 e. The molecule has 2 aromatic rings. The van der Waals surface area contributed by atoms with Crippen LogP contribution in [0.25, 0.3) is 10.9 Å². The first-order valence-electron chi connectivity index (χ1n) is 5.52. The summed E-state index contributed by atoms with van der Waals surface area (Å²) in [6, 6.07) is 3.73. The molecule has 1 aromatic carbocycles. The maximum atomic E-state index is 6.28. The molecule has 0 aliphatic carbocycles. The zero-order chi connectivity index (χ0) is 13.4. The Bertz CT molecular complexity index is 611. The molecule has 0 aliphatic heterocycles. The Morgan fingerprint density at radius 1 is 1.17 bits per heavy atom. The van der Waals surface area contributed by atoms with Gasteiger partial charge in [0.1, 0.15) is 0 Å². The summed E-state index contributed by atoms with van der Waals surface area (Å²) in [5, 5.41) is 2.36. The highest BCUT2D eigenvalue weighted by Crippen LogP contribution is 2.38. The summed E-state index contributed by atoms with van der Waals surface area (Å²) in [4.78, 5) is 4.56. The zero-order valence-corrected chi connectivity index (χ0v) is 13.8. The molecule has 18 heavy (non-hydrogen) atoms. The lowest BCUT2D eigenvalue weighted by molar-refractivity contribution is 0.637. The van der Waals surface area contributed by atoms with Crippen LogP contribution >= 0.6 is 50.7 Å². The van der Waals surface area contributed by atoms with Crippen molar-refractivity contribution in [3.63, 3.8) is 0 Å². The molecule has 1 aromatic heterocycles. The van der Waals surface area contributed by atoms with E-state index in [9.17, 15) is 0 Å². The van der Waals surface area contributed by atoms with Crippen LogP contribution < -0.4 is 0 Å². The zero-order valence-electron chi connectivity index (χ0n) is 9.90. The highest BCUT2D eigenvalue weighted by Gasteiger charge is 2.14. The average molecular weight is 368 g/mol. The summed E-state index contributed by atoms with van der Waals surface area (Å²) >= 11 is 22.0. The molecule has 0 amide bonds. The average Bonchev–Trinajstić information content (AvgIpc) is 2.27. The summed E-state index contributed by atoms with van der Waals surface area (Å²) in [5.41, 5.74) is 1.59. The van der Waals surface area contributed by atoms with Crippen LogP contribution in [-0.4, -0.2) is 4.98 Å². The number of hydrogen-bond donors (Lipinski definition) is 0. The Morgan fingerprint density at radius 2 is 1.83 bits per heavy atom. The third-order valence-electron chi connectivity index (χ3n) is 2.56. The third kappa shape index (κ3) is 2.77. The van der Waals surface area contributed by atoms with E-state index in [4.69, 9.17) is 34.8 Å². The minimum Gasteiger partial charge on any atom is -0.251 e. The minimum absolute atomic E-state index is 0.438. The standard InChI is InChI=1S/C13H11BrCl3N/c1-6(2)3-7-4-10(15)8-5-9(14)11(16)12(17)13(8)18-7/h4-6H,3H2,1-2H3. The Balaban J connectivity index is 2.71. The van der Waals surface area contributed by atoms with Gasteiger partial charge in [0.15, 0.2) is 0 Å². The van der Waals surface area contributed by atoms with Crippen LogP contribution in [0.15, 0.2) is 16.6 Å². The highest BCUT2D eigenvalue weighted by atomic mass is 79.9. The Hall–Kier alpha value is -0.0200. The van der Waals surface area contributed by atoms with Crippen molar-refractivity contribution in [2.45, 2.75) is 20.3 Å². The molecule has 96 valence electrons. The van der Waals surface area contributed by atoms with Gasteiger partial charge in [0.25, 0.3) is 0 Å². The van der Waals surface area contributed by atoms with E-state index in [2.05, 4.69) is 34.8 Å². The van der Waals surface area contributed by atoms with Gasteiger partial charge in [0, 0.05) is 15.6 Å². The topological polar surface area (TPSA) is 12.9 Å². The fourth-order valence-electron chi connectivity index (χ4n) is 1.80. The molecule has 0 fully saturated rings. The third-order valence-corrected chi connectivity index (χ3v) is 4.58. The van der Waals surface area contributed by atoms with Gasteiger partial charge in [0.2, 0.25) is 0 Å². The van der Waals surface area contributed by atoms with Crippen molar-refractivity contribution >= 4 is 61.6 Å². The summed E-state index contributed by atoms with van der Waals surface area (Å²) in [6.07, 6.45) is 0.861.